The third-order valence-corrected chi connectivity index (χ3v) is 3.04. The van der Waals surface area contributed by atoms with Crippen LogP contribution in [0.4, 0.5) is 4.39 Å². The summed E-state index contributed by atoms with van der Waals surface area (Å²) < 4.78 is 12.9. The second-order valence-corrected chi connectivity index (χ2v) is 4.48. The second kappa shape index (κ2) is 4.97. The topological polar surface area (TPSA) is 36.7 Å². The second-order valence-electron chi connectivity index (χ2n) is 4.48. The molecule has 0 fully saturated rings. The first kappa shape index (κ1) is 12.3. The highest BCUT2D eigenvalue weighted by Gasteiger charge is 2.26. The quantitative estimate of drug-likeness (QED) is 0.825. The molecular weight excluding hydrogens is 227 g/mol. The molecule has 1 aromatic carbocycles. The zero-order chi connectivity index (χ0) is 13.0. The molecule has 0 aliphatic heterocycles. The van der Waals surface area contributed by atoms with Gasteiger partial charge in [-0.25, -0.2) is 4.39 Å². The van der Waals surface area contributed by atoms with E-state index in [1.54, 1.807) is 24.5 Å². The van der Waals surface area contributed by atoms with Crippen LogP contribution in [0.2, 0.25) is 0 Å². The summed E-state index contributed by atoms with van der Waals surface area (Å²) in [5.74, 6) is -0.289. The molecule has 3 heteroatoms. The molecule has 0 radical (unpaired) electrons. The van der Waals surface area contributed by atoms with Gasteiger partial charge in [0.2, 0.25) is 0 Å². The van der Waals surface area contributed by atoms with Crippen molar-refractivity contribution in [3.8, 4) is 6.07 Å². The highest BCUT2D eigenvalue weighted by molar-refractivity contribution is 5.34. The summed E-state index contributed by atoms with van der Waals surface area (Å²) in [7, 11) is 0. The molecule has 0 aliphatic carbocycles. The van der Waals surface area contributed by atoms with E-state index in [2.05, 4.69) is 11.1 Å². The number of nitrogens with zero attached hydrogens (tertiary/aromatic N) is 2. The van der Waals surface area contributed by atoms with Gasteiger partial charge in [0.15, 0.2) is 0 Å². The van der Waals surface area contributed by atoms with E-state index in [0.29, 0.717) is 6.42 Å². The van der Waals surface area contributed by atoms with Crippen molar-refractivity contribution in [3.05, 3.63) is 65.7 Å². The molecule has 18 heavy (non-hydrogen) atoms. The Morgan fingerprint density at radius 1 is 1.17 bits per heavy atom. The Bertz CT molecular complexity index is 557. The van der Waals surface area contributed by atoms with Crippen molar-refractivity contribution in [1.29, 1.82) is 5.26 Å². The van der Waals surface area contributed by atoms with Crippen molar-refractivity contribution in [2.24, 2.45) is 0 Å². The van der Waals surface area contributed by atoms with E-state index in [1.165, 1.54) is 12.1 Å². The van der Waals surface area contributed by atoms with Crippen molar-refractivity contribution in [2.75, 3.05) is 0 Å². The predicted molar refractivity (Wildman–Crippen MR) is 67.3 cm³/mol. The first-order valence-corrected chi connectivity index (χ1v) is 5.70. The molecule has 0 amide bonds. The fourth-order valence-corrected chi connectivity index (χ4v) is 1.93. The van der Waals surface area contributed by atoms with Gasteiger partial charge in [0, 0.05) is 12.4 Å². The minimum absolute atomic E-state index is 0.289. The lowest BCUT2D eigenvalue weighted by Gasteiger charge is -2.22. The average molecular weight is 240 g/mol. The molecule has 1 atom stereocenters. The standard InChI is InChI=1S/C15H13FN2/c1-15(11-17,10-12-6-8-18-9-7-12)13-2-4-14(16)5-3-13/h2-9H,10H2,1H3. The largest absolute Gasteiger partial charge is 0.265 e. The zero-order valence-electron chi connectivity index (χ0n) is 10.1. The van der Waals surface area contributed by atoms with E-state index in [-0.39, 0.29) is 5.82 Å². The molecule has 0 saturated carbocycles. The van der Waals surface area contributed by atoms with Gasteiger partial charge < -0.3 is 0 Å². The van der Waals surface area contributed by atoms with E-state index in [1.807, 2.05) is 19.1 Å². The number of nitriles is 1. The van der Waals surface area contributed by atoms with E-state index < -0.39 is 5.41 Å². The minimum Gasteiger partial charge on any atom is -0.265 e. The number of aromatic nitrogens is 1. The third-order valence-electron chi connectivity index (χ3n) is 3.04. The lowest BCUT2D eigenvalue weighted by atomic mass is 9.79. The molecule has 2 rings (SSSR count). The van der Waals surface area contributed by atoms with Crippen LogP contribution in [0.25, 0.3) is 0 Å². The van der Waals surface area contributed by atoms with E-state index in [9.17, 15) is 9.65 Å². The van der Waals surface area contributed by atoms with Gasteiger partial charge in [0.05, 0.1) is 11.5 Å². The summed E-state index contributed by atoms with van der Waals surface area (Å²) in [6.45, 7) is 1.86. The first-order valence-electron chi connectivity index (χ1n) is 5.70. The van der Waals surface area contributed by atoms with Gasteiger partial charge in [0.1, 0.15) is 5.82 Å². The first-order chi connectivity index (χ1) is 8.64. The fourth-order valence-electron chi connectivity index (χ4n) is 1.93. The number of rotatable bonds is 3. The van der Waals surface area contributed by atoms with Crippen LogP contribution in [0.1, 0.15) is 18.1 Å². The Hall–Kier alpha value is -2.21. The van der Waals surface area contributed by atoms with Gasteiger partial charge in [-0.05, 0) is 48.7 Å². The maximum Gasteiger partial charge on any atom is 0.123 e. The summed E-state index contributed by atoms with van der Waals surface area (Å²) in [5, 5.41) is 9.41. The molecule has 1 aromatic heterocycles. The van der Waals surface area contributed by atoms with Crippen molar-refractivity contribution >= 4 is 0 Å². The summed E-state index contributed by atoms with van der Waals surface area (Å²) in [5.41, 5.74) is 1.20. The van der Waals surface area contributed by atoms with Gasteiger partial charge in [-0.1, -0.05) is 12.1 Å². The van der Waals surface area contributed by atoms with Crippen molar-refractivity contribution in [2.45, 2.75) is 18.8 Å². The number of benzene rings is 1. The highest BCUT2D eigenvalue weighted by atomic mass is 19.1. The third kappa shape index (κ3) is 2.54. The number of hydrogen-bond acceptors (Lipinski definition) is 2. The van der Waals surface area contributed by atoms with Crippen molar-refractivity contribution in [1.82, 2.24) is 4.98 Å². The van der Waals surface area contributed by atoms with Crippen LogP contribution >= 0.6 is 0 Å². The van der Waals surface area contributed by atoms with E-state index in [4.69, 9.17) is 0 Å². The molecule has 0 N–H and O–H groups in total. The normalized spacial score (nSPS) is 13.6. The number of halogens is 1. The van der Waals surface area contributed by atoms with Gasteiger partial charge in [-0.3, -0.25) is 4.98 Å². The molecule has 0 spiro atoms. The van der Waals surface area contributed by atoms with Gasteiger partial charge >= 0.3 is 0 Å². The maximum atomic E-state index is 12.9. The Labute approximate surface area is 106 Å². The predicted octanol–water partition coefficient (Wildman–Crippen LogP) is 3.24. The molecular formula is C15H13FN2. The summed E-state index contributed by atoms with van der Waals surface area (Å²) in [6, 6.07) is 12.2. The van der Waals surface area contributed by atoms with Crippen molar-refractivity contribution < 1.29 is 4.39 Å². The molecule has 1 unspecified atom stereocenters. The highest BCUT2D eigenvalue weighted by Crippen LogP contribution is 2.27. The maximum absolute atomic E-state index is 12.9. The van der Waals surface area contributed by atoms with Crippen LogP contribution in [0.15, 0.2) is 48.8 Å². The summed E-state index contributed by atoms with van der Waals surface area (Å²) >= 11 is 0. The molecule has 1 heterocycles. The Morgan fingerprint density at radius 3 is 2.33 bits per heavy atom. The number of pyridine rings is 1. The van der Waals surface area contributed by atoms with Crippen LogP contribution < -0.4 is 0 Å². The van der Waals surface area contributed by atoms with Gasteiger partial charge in [-0.2, -0.15) is 5.26 Å². The Morgan fingerprint density at radius 2 is 1.78 bits per heavy atom. The lowest BCUT2D eigenvalue weighted by molar-refractivity contribution is 0.596. The minimum atomic E-state index is -0.658. The van der Waals surface area contributed by atoms with Gasteiger partial charge in [0.25, 0.3) is 0 Å². The van der Waals surface area contributed by atoms with Crippen LogP contribution in [0.3, 0.4) is 0 Å². The van der Waals surface area contributed by atoms with Crippen LogP contribution in [-0.2, 0) is 11.8 Å². The fraction of sp³-hybridized carbons (Fsp3) is 0.200. The smallest absolute Gasteiger partial charge is 0.123 e. The van der Waals surface area contributed by atoms with E-state index in [0.717, 1.165) is 11.1 Å². The van der Waals surface area contributed by atoms with Crippen molar-refractivity contribution in [3.63, 3.8) is 0 Å². The zero-order valence-corrected chi connectivity index (χ0v) is 10.1. The van der Waals surface area contributed by atoms with E-state index >= 15 is 0 Å². The molecule has 0 saturated heterocycles. The monoisotopic (exact) mass is 240 g/mol. The van der Waals surface area contributed by atoms with Crippen LogP contribution in [0, 0.1) is 17.1 Å². The SMILES string of the molecule is CC(C#N)(Cc1ccncc1)c1ccc(F)cc1. The summed E-state index contributed by atoms with van der Waals surface area (Å²) in [6.07, 6.45) is 3.99. The van der Waals surface area contributed by atoms with Crippen LogP contribution in [0.5, 0.6) is 0 Å². The molecule has 2 aromatic rings. The Balaban J connectivity index is 2.32. The molecule has 0 bridgehead atoms. The summed E-state index contributed by atoms with van der Waals surface area (Å²) in [4.78, 5) is 3.95. The number of hydrogen-bond donors (Lipinski definition) is 0. The molecule has 2 nitrogen and oxygen atoms in total. The average Bonchev–Trinajstić information content (AvgIpc) is 2.40. The molecule has 0 aliphatic rings. The Kier molecular flexibility index (Phi) is 3.38. The van der Waals surface area contributed by atoms with Gasteiger partial charge in [-0.15, -0.1) is 0 Å². The molecule has 90 valence electrons. The van der Waals surface area contributed by atoms with Crippen LogP contribution in [-0.4, -0.2) is 4.98 Å². The lowest BCUT2D eigenvalue weighted by Crippen LogP contribution is -2.22.